The summed E-state index contributed by atoms with van der Waals surface area (Å²) < 4.78 is 10.7. The van der Waals surface area contributed by atoms with Crippen LogP contribution in [-0.2, 0) is 0 Å². The van der Waals surface area contributed by atoms with E-state index in [0.717, 1.165) is 28.2 Å². The van der Waals surface area contributed by atoms with Gasteiger partial charge in [-0.1, -0.05) is 12.2 Å². The third kappa shape index (κ3) is 3.16. The zero-order valence-electron chi connectivity index (χ0n) is 14.3. The molecule has 0 spiro atoms. The summed E-state index contributed by atoms with van der Waals surface area (Å²) in [6.07, 6.45) is 5.60. The lowest BCUT2D eigenvalue weighted by Gasteiger charge is -2.09. The molecule has 7 nitrogen and oxygen atoms in total. The number of pyridine rings is 1. The molecule has 0 unspecified atom stereocenters. The highest BCUT2D eigenvalue weighted by Crippen LogP contribution is 2.28. The highest BCUT2D eigenvalue weighted by molar-refractivity contribution is 5.92. The molecule has 0 fully saturated rings. The van der Waals surface area contributed by atoms with Crippen molar-refractivity contribution in [2.45, 2.75) is 6.92 Å². The second-order valence-corrected chi connectivity index (χ2v) is 5.45. The van der Waals surface area contributed by atoms with Crippen molar-refractivity contribution in [3.05, 3.63) is 41.1 Å². The van der Waals surface area contributed by atoms with Crippen LogP contribution >= 0.6 is 0 Å². The normalized spacial score (nSPS) is 11.2. The topological polar surface area (TPSA) is 109 Å². The van der Waals surface area contributed by atoms with E-state index in [0.29, 0.717) is 16.9 Å². The summed E-state index contributed by atoms with van der Waals surface area (Å²) in [5.74, 6) is 1.93. The molecule has 0 aliphatic carbocycles. The van der Waals surface area contributed by atoms with E-state index in [9.17, 15) is 0 Å². The lowest BCUT2D eigenvalue weighted by Crippen LogP contribution is -2.03. The standard InChI is InChI=1S/C18H19N5O2/c1-10-12(9-21-17-15(10)16(19)22-18(20)23-17)5-4-11-8-13(24-2)6-7-14(11)25-3/h4-9H,1-3H3,(H4,19,20,21,22,23)/b5-4+. The number of nitrogens with zero attached hydrogens (tertiary/aromatic N) is 3. The number of hydrogen-bond donors (Lipinski definition) is 2. The molecule has 0 radical (unpaired) electrons. The zero-order valence-corrected chi connectivity index (χ0v) is 14.3. The molecule has 0 saturated carbocycles. The number of methoxy groups -OCH3 is 2. The monoisotopic (exact) mass is 337 g/mol. The van der Waals surface area contributed by atoms with Crippen molar-refractivity contribution in [3.8, 4) is 11.5 Å². The molecule has 0 bridgehead atoms. The number of fused-ring (bicyclic) bond motifs is 1. The Morgan fingerprint density at radius 3 is 2.48 bits per heavy atom. The number of rotatable bonds is 4. The van der Waals surface area contributed by atoms with E-state index in [2.05, 4.69) is 15.0 Å². The van der Waals surface area contributed by atoms with E-state index in [4.69, 9.17) is 20.9 Å². The first kappa shape index (κ1) is 16.5. The van der Waals surface area contributed by atoms with Crippen LogP contribution in [0.3, 0.4) is 0 Å². The Kier molecular flexibility index (Phi) is 4.38. The van der Waals surface area contributed by atoms with Crippen LogP contribution in [0.2, 0.25) is 0 Å². The van der Waals surface area contributed by atoms with E-state index in [1.165, 1.54) is 0 Å². The second kappa shape index (κ2) is 6.64. The van der Waals surface area contributed by atoms with Crippen molar-refractivity contribution < 1.29 is 9.47 Å². The van der Waals surface area contributed by atoms with Crippen LogP contribution in [-0.4, -0.2) is 29.2 Å². The molecular weight excluding hydrogens is 318 g/mol. The summed E-state index contributed by atoms with van der Waals surface area (Å²) in [5, 5.41) is 0.703. The summed E-state index contributed by atoms with van der Waals surface area (Å²) in [7, 11) is 3.26. The highest BCUT2D eigenvalue weighted by atomic mass is 16.5. The van der Waals surface area contributed by atoms with Gasteiger partial charge in [-0.25, -0.2) is 4.98 Å². The number of aromatic nitrogens is 3. The Hall–Kier alpha value is -3.35. The Bertz CT molecular complexity index is 969. The quantitative estimate of drug-likeness (QED) is 0.753. The van der Waals surface area contributed by atoms with E-state index >= 15 is 0 Å². The van der Waals surface area contributed by atoms with Crippen molar-refractivity contribution in [1.82, 2.24) is 15.0 Å². The summed E-state index contributed by atoms with van der Waals surface area (Å²) in [6, 6.07) is 5.61. The second-order valence-electron chi connectivity index (χ2n) is 5.45. The zero-order chi connectivity index (χ0) is 18.0. The number of ether oxygens (including phenoxy) is 2. The molecule has 0 saturated heterocycles. The van der Waals surface area contributed by atoms with Crippen LogP contribution < -0.4 is 20.9 Å². The van der Waals surface area contributed by atoms with Gasteiger partial charge in [0.2, 0.25) is 5.95 Å². The fourth-order valence-corrected chi connectivity index (χ4v) is 2.63. The van der Waals surface area contributed by atoms with Gasteiger partial charge >= 0.3 is 0 Å². The molecule has 2 heterocycles. The SMILES string of the molecule is COc1ccc(OC)c(/C=C/c2cnc3nc(N)nc(N)c3c2C)c1. The third-order valence-corrected chi connectivity index (χ3v) is 3.95. The number of anilines is 2. The van der Waals surface area contributed by atoms with Gasteiger partial charge in [-0.2, -0.15) is 9.97 Å². The van der Waals surface area contributed by atoms with Gasteiger partial charge in [-0.05, 0) is 36.2 Å². The first-order chi connectivity index (χ1) is 12.0. The summed E-state index contributed by atoms with van der Waals surface area (Å²) in [4.78, 5) is 12.5. The van der Waals surface area contributed by atoms with Crippen LogP contribution in [0.4, 0.5) is 11.8 Å². The molecular formula is C18H19N5O2. The van der Waals surface area contributed by atoms with Gasteiger partial charge in [0.25, 0.3) is 0 Å². The van der Waals surface area contributed by atoms with Crippen molar-refractivity contribution in [2.24, 2.45) is 0 Å². The molecule has 0 amide bonds. The van der Waals surface area contributed by atoms with Crippen molar-refractivity contribution >= 4 is 35.0 Å². The fraction of sp³-hybridized carbons (Fsp3) is 0.167. The van der Waals surface area contributed by atoms with E-state index in [1.54, 1.807) is 20.4 Å². The Balaban J connectivity index is 2.06. The van der Waals surface area contributed by atoms with Crippen LogP contribution in [0.5, 0.6) is 11.5 Å². The summed E-state index contributed by atoms with van der Waals surface area (Å²) in [5.41, 5.74) is 14.8. The molecule has 3 rings (SSSR count). The molecule has 2 aromatic heterocycles. The predicted octanol–water partition coefficient (Wildman–Crippen LogP) is 2.69. The Morgan fingerprint density at radius 1 is 1.00 bits per heavy atom. The maximum absolute atomic E-state index is 5.99. The van der Waals surface area contributed by atoms with Gasteiger partial charge in [0.1, 0.15) is 17.3 Å². The van der Waals surface area contributed by atoms with Crippen molar-refractivity contribution in [1.29, 1.82) is 0 Å². The van der Waals surface area contributed by atoms with Gasteiger partial charge < -0.3 is 20.9 Å². The molecule has 3 aromatic rings. The van der Waals surface area contributed by atoms with Gasteiger partial charge in [0.15, 0.2) is 5.65 Å². The predicted molar refractivity (Wildman–Crippen MR) is 99.4 cm³/mol. The lowest BCUT2D eigenvalue weighted by atomic mass is 10.1. The van der Waals surface area contributed by atoms with Crippen molar-refractivity contribution in [2.75, 3.05) is 25.7 Å². The minimum Gasteiger partial charge on any atom is -0.497 e. The largest absolute Gasteiger partial charge is 0.497 e. The maximum atomic E-state index is 5.99. The molecule has 25 heavy (non-hydrogen) atoms. The van der Waals surface area contributed by atoms with Crippen LogP contribution in [0, 0.1) is 6.92 Å². The molecule has 0 atom stereocenters. The molecule has 0 aliphatic rings. The molecule has 0 aliphatic heterocycles. The van der Waals surface area contributed by atoms with Gasteiger partial charge in [-0.15, -0.1) is 0 Å². The van der Waals surface area contributed by atoms with Crippen LogP contribution in [0.15, 0.2) is 24.4 Å². The van der Waals surface area contributed by atoms with E-state index in [-0.39, 0.29) is 5.95 Å². The Labute approximate surface area is 145 Å². The first-order valence-electron chi connectivity index (χ1n) is 7.62. The van der Waals surface area contributed by atoms with Crippen LogP contribution in [0.1, 0.15) is 16.7 Å². The fourth-order valence-electron chi connectivity index (χ4n) is 2.63. The molecule has 7 heteroatoms. The van der Waals surface area contributed by atoms with E-state index in [1.807, 2.05) is 37.3 Å². The highest BCUT2D eigenvalue weighted by Gasteiger charge is 2.10. The minimum atomic E-state index is 0.112. The van der Waals surface area contributed by atoms with Gasteiger partial charge in [0, 0.05) is 11.8 Å². The maximum Gasteiger partial charge on any atom is 0.224 e. The Morgan fingerprint density at radius 2 is 1.76 bits per heavy atom. The molecule has 4 N–H and O–H groups in total. The number of nitrogen functional groups attached to an aromatic ring is 2. The lowest BCUT2D eigenvalue weighted by molar-refractivity contribution is 0.402. The number of hydrogen-bond acceptors (Lipinski definition) is 7. The molecule has 128 valence electrons. The van der Waals surface area contributed by atoms with Crippen LogP contribution in [0.25, 0.3) is 23.2 Å². The molecule has 1 aromatic carbocycles. The average Bonchev–Trinajstić information content (AvgIpc) is 2.60. The van der Waals surface area contributed by atoms with Gasteiger partial charge in [0.05, 0.1) is 19.6 Å². The third-order valence-electron chi connectivity index (χ3n) is 3.95. The van der Waals surface area contributed by atoms with Crippen molar-refractivity contribution in [3.63, 3.8) is 0 Å². The minimum absolute atomic E-state index is 0.112. The smallest absolute Gasteiger partial charge is 0.224 e. The summed E-state index contributed by atoms with van der Waals surface area (Å²) >= 11 is 0. The van der Waals surface area contributed by atoms with E-state index < -0.39 is 0 Å². The average molecular weight is 337 g/mol. The number of nitrogens with two attached hydrogens (primary N) is 2. The number of aryl methyl sites for hydroxylation is 1. The summed E-state index contributed by atoms with van der Waals surface area (Å²) in [6.45, 7) is 1.95. The van der Waals surface area contributed by atoms with Gasteiger partial charge in [-0.3, -0.25) is 0 Å². The number of benzene rings is 1. The first-order valence-corrected chi connectivity index (χ1v) is 7.62.